The van der Waals surface area contributed by atoms with Gasteiger partial charge in [0.2, 0.25) is 0 Å². The number of carboxylic acid groups (broad SMARTS) is 1. The number of carbonyl (C=O) groups excluding carboxylic acids is 2. The van der Waals surface area contributed by atoms with Crippen LogP contribution >= 0.6 is 0 Å². The Balaban J connectivity index is 2.15. The van der Waals surface area contributed by atoms with E-state index >= 15 is 0 Å². The van der Waals surface area contributed by atoms with E-state index in [4.69, 9.17) is 9.84 Å². The molecule has 108 valence electrons. The molecule has 0 aromatic rings. The van der Waals surface area contributed by atoms with Crippen molar-refractivity contribution in [2.75, 3.05) is 26.2 Å². The van der Waals surface area contributed by atoms with E-state index in [1.165, 1.54) is 4.90 Å². The lowest BCUT2D eigenvalue weighted by atomic mass is 10.1. The van der Waals surface area contributed by atoms with Crippen molar-refractivity contribution in [2.24, 2.45) is 5.92 Å². The predicted molar refractivity (Wildman–Crippen MR) is 66.6 cm³/mol. The Morgan fingerprint density at radius 1 is 1.42 bits per heavy atom. The van der Waals surface area contributed by atoms with E-state index < -0.39 is 11.9 Å². The monoisotopic (exact) mass is 272 g/mol. The van der Waals surface area contributed by atoms with Crippen molar-refractivity contribution in [3.05, 3.63) is 0 Å². The van der Waals surface area contributed by atoms with E-state index in [1.807, 2.05) is 0 Å². The van der Waals surface area contributed by atoms with E-state index in [0.29, 0.717) is 32.5 Å². The molecule has 7 nitrogen and oxygen atoms in total. The lowest BCUT2D eigenvalue weighted by Crippen LogP contribution is -2.39. The van der Waals surface area contributed by atoms with Crippen molar-refractivity contribution in [3.63, 3.8) is 0 Å². The number of carboxylic acids is 1. The predicted octanol–water partition coefficient (Wildman–Crippen LogP) is 0.446. The third-order valence-electron chi connectivity index (χ3n) is 2.96. The van der Waals surface area contributed by atoms with Gasteiger partial charge in [0.05, 0.1) is 12.5 Å². The molecule has 0 radical (unpaired) electrons. The summed E-state index contributed by atoms with van der Waals surface area (Å²) >= 11 is 0. The van der Waals surface area contributed by atoms with Crippen molar-refractivity contribution < 1.29 is 24.2 Å². The first-order valence-electron chi connectivity index (χ1n) is 6.45. The number of aliphatic carboxylic acids is 1. The molecule has 0 aromatic carbocycles. The lowest BCUT2D eigenvalue weighted by Gasteiger charge is -2.16. The van der Waals surface area contributed by atoms with Gasteiger partial charge in [-0.2, -0.15) is 0 Å². The number of carbonyl (C=O) groups is 3. The molecule has 1 aliphatic heterocycles. The molecule has 0 spiro atoms. The van der Waals surface area contributed by atoms with Crippen molar-refractivity contribution in [3.8, 4) is 0 Å². The van der Waals surface area contributed by atoms with Gasteiger partial charge in [0.15, 0.2) is 0 Å². The number of nitrogens with one attached hydrogen (secondary N) is 1. The molecule has 0 bridgehead atoms. The normalized spacial score (nSPS) is 18.2. The maximum atomic E-state index is 11.7. The van der Waals surface area contributed by atoms with Crippen LogP contribution in [0.5, 0.6) is 0 Å². The van der Waals surface area contributed by atoms with Crippen LogP contribution in [-0.4, -0.2) is 54.2 Å². The van der Waals surface area contributed by atoms with Gasteiger partial charge in [-0.1, -0.05) is 0 Å². The van der Waals surface area contributed by atoms with Crippen LogP contribution in [0.3, 0.4) is 0 Å². The van der Waals surface area contributed by atoms with Crippen LogP contribution in [0.25, 0.3) is 0 Å². The van der Waals surface area contributed by atoms with Gasteiger partial charge in [-0.3, -0.25) is 9.59 Å². The largest absolute Gasteiger partial charge is 0.481 e. The third kappa shape index (κ3) is 5.15. The summed E-state index contributed by atoms with van der Waals surface area (Å²) in [5.41, 5.74) is 0. The van der Waals surface area contributed by atoms with Crippen LogP contribution in [0, 0.1) is 5.92 Å². The van der Waals surface area contributed by atoms with Crippen molar-refractivity contribution in [1.29, 1.82) is 0 Å². The standard InChI is InChI=1S/C12H20N2O5/c1-2-19-10(15)4-3-6-13-12(18)14-7-5-9(8-14)11(16)17/h9H,2-8H2,1H3,(H,13,18)(H,16,17). The summed E-state index contributed by atoms with van der Waals surface area (Å²) in [6.07, 6.45) is 1.28. The third-order valence-corrected chi connectivity index (χ3v) is 2.96. The minimum Gasteiger partial charge on any atom is -0.481 e. The maximum absolute atomic E-state index is 11.7. The topological polar surface area (TPSA) is 95.9 Å². The van der Waals surface area contributed by atoms with Crippen LogP contribution in [0.1, 0.15) is 26.2 Å². The highest BCUT2D eigenvalue weighted by Gasteiger charge is 2.30. The summed E-state index contributed by atoms with van der Waals surface area (Å²) in [4.78, 5) is 35.0. The van der Waals surface area contributed by atoms with Crippen molar-refractivity contribution in [2.45, 2.75) is 26.2 Å². The van der Waals surface area contributed by atoms with Crippen LogP contribution in [0.4, 0.5) is 4.79 Å². The second kappa shape index (κ2) is 7.60. The van der Waals surface area contributed by atoms with Crippen molar-refractivity contribution >= 4 is 18.0 Å². The summed E-state index contributed by atoms with van der Waals surface area (Å²) in [5, 5.41) is 11.5. The molecular formula is C12H20N2O5. The smallest absolute Gasteiger partial charge is 0.317 e. The van der Waals surface area contributed by atoms with E-state index in [1.54, 1.807) is 6.92 Å². The highest BCUT2D eigenvalue weighted by molar-refractivity contribution is 5.77. The van der Waals surface area contributed by atoms with E-state index in [-0.39, 0.29) is 25.0 Å². The first-order valence-corrected chi connectivity index (χ1v) is 6.45. The Bertz CT molecular complexity index is 345. The first-order chi connectivity index (χ1) is 9.04. The van der Waals surface area contributed by atoms with Crippen molar-refractivity contribution in [1.82, 2.24) is 10.2 Å². The average Bonchev–Trinajstić information content (AvgIpc) is 2.84. The summed E-state index contributed by atoms with van der Waals surface area (Å²) in [6, 6.07) is -0.271. The fourth-order valence-electron chi connectivity index (χ4n) is 1.92. The second-order valence-electron chi connectivity index (χ2n) is 4.41. The molecule has 1 rings (SSSR count). The van der Waals surface area contributed by atoms with Gasteiger partial charge in [-0.15, -0.1) is 0 Å². The molecule has 19 heavy (non-hydrogen) atoms. The Morgan fingerprint density at radius 2 is 2.16 bits per heavy atom. The van der Waals surface area contributed by atoms with Crippen LogP contribution < -0.4 is 5.32 Å². The molecule has 7 heteroatoms. The van der Waals surface area contributed by atoms with Gasteiger partial charge in [0, 0.05) is 26.1 Å². The molecule has 2 amide bonds. The highest BCUT2D eigenvalue weighted by atomic mass is 16.5. The van der Waals surface area contributed by atoms with E-state index in [0.717, 1.165) is 0 Å². The molecule has 0 aromatic heterocycles. The number of esters is 1. The summed E-state index contributed by atoms with van der Waals surface area (Å²) in [5.74, 6) is -1.60. The zero-order valence-electron chi connectivity index (χ0n) is 11.1. The second-order valence-corrected chi connectivity index (χ2v) is 4.41. The molecule has 0 aliphatic carbocycles. The van der Waals surface area contributed by atoms with Gasteiger partial charge < -0.3 is 20.1 Å². The quantitative estimate of drug-likeness (QED) is 0.540. The molecule has 1 unspecified atom stereocenters. The zero-order valence-corrected chi connectivity index (χ0v) is 11.1. The van der Waals surface area contributed by atoms with E-state index in [2.05, 4.69) is 5.32 Å². The summed E-state index contributed by atoms with van der Waals surface area (Å²) in [6.45, 7) is 3.19. The summed E-state index contributed by atoms with van der Waals surface area (Å²) < 4.78 is 4.76. The number of hydrogen-bond acceptors (Lipinski definition) is 4. The Kier molecular flexibility index (Phi) is 6.11. The molecule has 1 atom stereocenters. The number of nitrogens with zero attached hydrogens (tertiary/aromatic N) is 1. The molecule has 1 saturated heterocycles. The van der Waals surface area contributed by atoms with E-state index in [9.17, 15) is 14.4 Å². The number of rotatable bonds is 6. The van der Waals surface area contributed by atoms with Gasteiger partial charge in [0.25, 0.3) is 0 Å². The molecule has 0 saturated carbocycles. The maximum Gasteiger partial charge on any atom is 0.317 e. The molecule has 1 aliphatic rings. The highest BCUT2D eigenvalue weighted by Crippen LogP contribution is 2.15. The number of amides is 2. The number of ether oxygens (including phenoxy) is 1. The SMILES string of the molecule is CCOC(=O)CCCNC(=O)N1CCC(C(=O)O)C1. The molecule has 1 fully saturated rings. The molecule has 1 heterocycles. The Morgan fingerprint density at radius 3 is 2.74 bits per heavy atom. The number of hydrogen-bond donors (Lipinski definition) is 2. The minimum absolute atomic E-state index is 0.249. The van der Waals surface area contributed by atoms with Gasteiger partial charge in [-0.05, 0) is 19.8 Å². The number of urea groups is 1. The molecular weight excluding hydrogens is 252 g/mol. The van der Waals surface area contributed by atoms with Crippen LogP contribution in [0.2, 0.25) is 0 Å². The first kappa shape index (κ1) is 15.3. The van der Waals surface area contributed by atoms with Gasteiger partial charge in [0.1, 0.15) is 0 Å². The molecule has 2 N–H and O–H groups in total. The Labute approximate surface area is 111 Å². The van der Waals surface area contributed by atoms with Crippen LogP contribution in [-0.2, 0) is 14.3 Å². The Hall–Kier alpha value is -1.79. The van der Waals surface area contributed by atoms with Gasteiger partial charge in [-0.25, -0.2) is 4.79 Å². The van der Waals surface area contributed by atoms with Gasteiger partial charge >= 0.3 is 18.0 Å². The lowest BCUT2D eigenvalue weighted by molar-refractivity contribution is -0.143. The summed E-state index contributed by atoms with van der Waals surface area (Å²) in [7, 11) is 0. The zero-order chi connectivity index (χ0) is 14.3. The average molecular weight is 272 g/mol. The number of likely N-dealkylation sites (tertiary alicyclic amines) is 1. The fraction of sp³-hybridized carbons (Fsp3) is 0.750. The van der Waals surface area contributed by atoms with Crippen LogP contribution in [0.15, 0.2) is 0 Å². The minimum atomic E-state index is -0.863. The fourth-order valence-corrected chi connectivity index (χ4v) is 1.92.